The summed E-state index contributed by atoms with van der Waals surface area (Å²) in [5.74, 6) is -0.192. The summed E-state index contributed by atoms with van der Waals surface area (Å²) in [6, 6.07) is 15.4. The van der Waals surface area contributed by atoms with Gasteiger partial charge in [-0.1, -0.05) is 59.7 Å². The van der Waals surface area contributed by atoms with Gasteiger partial charge in [0.25, 0.3) is 0 Å². The molecule has 4 heteroatoms. The highest BCUT2D eigenvalue weighted by atomic mass is 16.2. The lowest BCUT2D eigenvalue weighted by Gasteiger charge is -2.31. The molecule has 2 rings (SSSR count). The highest BCUT2D eigenvalue weighted by Gasteiger charge is 2.28. The highest BCUT2D eigenvalue weighted by molar-refractivity contribution is 5.88. The normalized spacial score (nSPS) is 12.4. The van der Waals surface area contributed by atoms with Crippen LogP contribution < -0.4 is 5.32 Å². The molecule has 28 heavy (non-hydrogen) atoms. The number of benzene rings is 2. The molecule has 0 saturated carbocycles. The van der Waals surface area contributed by atoms with Crippen molar-refractivity contribution in [3.8, 4) is 0 Å². The van der Waals surface area contributed by atoms with Crippen molar-refractivity contribution in [1.82, 2.24) is 10.2 Å². The second-order valence-corrected chi connectivity index (χ2v) is 8.60. The van der Waals surface area contributed by atoms with Crippen molar-refractivity contribution in [2.45, 2.75) is 66.1 Å². The SMILES string of the molecule is Cc1cc(C)cc(CC(=O)N(Cc2ccccc2)[C@H](C)C(=O)NC(C)(C)C)c1. The first-order chi connectivity index (χ1) is 13.0. The smallest absolute Gasteiger partial charge is 0.242 e. The first-order valence-electron chi connectivity index (χ1n) is 9.78. The molecule has 0 heterocycles. The van der Waals surface area contributed by atoms with E-state index in [0.717, 1.165) is 22.3 Å². The monoisotopic (exact) mass is 380 g/mol. The lowest BCUT2D eigenvalue weighted by atomic mass is 10.0. The van der Waals surface area contributed by atoms with Crippen molar-refractivity contribution in [3.05, 3.63) is 70.8 Å². The maximum absolute atomic E-state index is 13.2. The third kappa shape index (κ3) is 6.52. The molecule has 1 N–H and O–H groups in total. The van der Waals surface area contributed by atoms with Gasteiger partial charge in [-0.05, 0) is 52.7 Å². The molecule has 2 amide bonds. The van der Waals surface area contributed by atoms with Gasteiger partial charge in [0.15, 0.2) is 0 Å². The van der Waals surface area contributed by atoms with Gasteiger partial charge in [0.1, 0.15) is 6.04 Å². The average Bonchev–Trinajstić information content (AvgIpc) is 2.57. The Morgan fingerprint density at radius 1 is 0.964 bits per heavy atom. The summed E-state index contributed by atoms with van der Waals surface area (Å²) >= 11 is 0. The molecule has 0 aliphatic heterocycles. The van der Waals surface area contributed by atoms with E-state index in [9.17, 15) is 9.59 Å². The Bertz CT molecular complexity index is 802. The fourth-order valence-electron chi connectivity index (χ4n) is 3.28. The summed E-state index contributed by atoms with van der Waals surface area (Å²) in [5.41, 5.74) is 3.91. The predicted molar refractivity (Wildman–Crippen MR) is 114 cm³/mol. The van der Waals surface area contributed by atoms with Crippen molar-refractivity contribution in [2.24, 2.45) is 0 Å². The van der Waals surface area contributed by atoms with E-state index < -0.39 is 6.04 Å². The van der Waals surface area contributed by atoms with Crippen LogP contribution in [-0.2, 0) is 22.6 Å². The predicted octanol–water partition coefficient (Wildman–Crippen LogP) is 4.18. The molecule has 0 radical (unpaired) electrons. The van der Waals surface area contributed by atoms with Crippen LogP contribution in [-0.4, -0.2) is 28.3 Å². The molecule has 0 aliphatic carbocycles. The van der Waals surface area contributed by atoms with Crippen molar-refractivity contribution in [2.75, 3.05) is 0 Å². The van der Waals surface area contributed by atoms with Crippen LogP contribution in [0.15, 0.2) is 48.5 Å². The number of carbonyl (C=O) groups excluding carboxylic acids is 2. The van der Waals surface area contributed by atoms with Gasteiger partial charge < -0.3 is 10.2 Å². The molecule has 0 aromatic heterocycles. The summed E-state index contributed by atoms with van der Waals surface area (Å²) in [7, 11) is 0. The standard InChI is InChI=1S/C24H32N2O2/c1-17-12-18(2)14-21(13-17)15-22(27)26(16-20-10-8-7-9-11-20)19(3)23(28)25-24(4,5)6/h7-14,19H,15-16H2,1-6H3,(H,25,28)/t19-/m1/s1. The van der Waals surface area contributed by atoms with Crippen LogP contribution in [0.4, 0.5) is 0 Å². The van der Waals surface area contributed by atoms with E-state index in [1.807, 2.05) is 77.1 Å². The average molecular weight is 381 g/mol. The van der Waals surface area contributed by atoms with Crippen LogP contribution >= 0.6 is 0 Å². The van der Waals surface area contributed by atoms with Gasteiger partial charge in [-0.2, -0.15) is 0 Å². The molecule has 0 aliphatic rings. The largest absolute Gasteiger partial charge is 0.350 e. The minimum atomic E-state index is -0.558. The van der Waals surface area contributed by atoms with Gasteiger partial charge in [-0.3, -0.25) is 9.59 Å². The lowest BCUT2D eigenvalue weighted by Crippen LogP contribution is -2.52. The zero-order valence-corrected chi connectivity index (χ0v) is 17.9. The molecule has 0 saturated heterocycles. The van der Waals surface area contributed by atoms with Crippen molar-refractivity contribution >= 4 is 11.8 Å². The van der Waals surface area contributed by atoms with E-state index in [1.54, 1.807) is 11.8 Å². The summed E-state index contributed by atoms with van der Waals surface area (Å²) in [5, 5.41) is 2.99. The number of nitrogens with one attached hydrogen (secondary N) is 1. The number of aryl methyl sites for hydroxylation is 2. The number of amides is 2. The van der Waals surface area contributed by atoms with Crippen LogP contribution in [0.2, 0.25) is 0 Å². The molecule has 0 bridgehead atoms. The molecule has 0 spiro atoms. The molecule has 0 fully saturated rings. The summed E-state index contributed by atoms with van der Waals surface area (Å²) in [6.07, 6.45) is 0.280. The Kier molecular flexibility index (Phi) is 7.00. The van der Waals surface area contributed by atoms with E-state index in [4.69, 9.17) is 0 Å². The summed E-state index contributed by atoms with van der Waals surface area (Å²) in [6.45, 7) is 12.1. The van der Waals surface area contributed by atoms with Crippen LogP contribution in [0.5, 0.6) is 0 Å². The molecule has 2 aromatic rings. The Morgan fingerprint density at radius 3 is 2.07 bits per heavy atom. The number of nitrogens with zero attached hydrogens (tertiary/aromatic N) is 1. The van der Waals surface area contributed by atoms with Crippen LogP contribution in [0.1, 0.15) is 49.9 Å². The zero-order chi connectivity index (χ0) is 20.9. The van der Waals surface area contributed by atoms with Gasteiger partial charge in [-0.15, -0.1) is 0 Å². The van der Waals surface area contributed by atoms with E-state index in [2.05, 4.69) is 11.4 Å². The quantitative estimate of drug-likeness (QED) is 0.817. The van der Waals surface area contributed by atoms with Crippen molar-refractivity contribution in [1.29, 1.82) is 0 Å². The van der Waals surface area contributed by atoms with Gasteiger partial charge >= 0.3 is 0 Å². The second kappa shape index (κ2) is 9.05. The van der Waals surface area contributed by atoms with E-state index in [1.165, 1.54) is 0 Å². The first-order valence-corrected chi connectivity index (χ1v) is 9.78. The third-order valence-corrected chi connectivity index (χ3v) is 4.50. The molecule has 1 atom stereocenters. The molecular formula is C24H32N2O2. The Labute approximate surface area is 169 Å². The molecular weight excluding hydrogens is 348 g/mol. The molecule has 4 nitrogen and oxygen atoms in total. The van der Waals surface area contributed by atoms with Gasteiger partial charge in [0.05, 0.1) is 6.42 Å². The maximum Gasteiger partial charge on any atom is 0.242 e. The van der Waals surface area contributed by atoms with Gasteiger partial charge in [0, 0.05) is 12.1 Å². The number of hydrogen-bond donors (Lipinski definition) is 1. The number of rotatable bonds is 6. The van der Waals surface area contributed by atoms with Gasteiger partial charge in [0.2, 0.25) is 11.8 Å². The van der Waals surface area contributed by atoms with Crippen molar-refractivity contribution < 1.29 is 9.59 Å². The molecule has 2 aromatic carbocycles. The fraction of sp³-hybridized carbons (Fsp3) is 0.417. The minimum Gasteiger partial charge on any atom is -0.350 e. The maximum atomic E-state index is 13.2. The Hall–Kier alpha value is -2.62. The van der Waals surface area contributed by atoms with Crippen LogP contribution in [0, 0.1) is 13.8 Å². The Balaban J connectivity index is 2.25. The van der Waals surface area contributed by atoms with Crippen molar-refractivity contribution in [3.63, 3.8) is 0 Å². The minimum absolute atomic E-state index is 0.0505. The van der Waals surface area contributed by atoms with E-state index in [-0.39, 0.29) is 23.8 Å². The Morgan fingerprint density at radius 2 is 1.54 bits per heavy atom. The van der Waals surface area contributed by atoms with E-state index >= 15 is 0 Å². The van der Waals surface area contributed by atoms with Gasteiger partial charge in [-0.25, -0.2) is 0 Å². The second-order valence-electron chi connectivity index (χ2n) is 8.60. The summed E-state index contributed by atoms with van der Waals surface area (Å²) in [4.78, 5) is 27.6. The topological polar surface area (TPSA) is 49.4 Å². The molecule has 150 valence electrons. The third-order valence-electron chi connectivity index (χ3n) is 4.50. The zero-order valence-electron chi connectivity index (χ0n) is 17.9. The van der Waals surface area contributed by atoms with Crippen LogP contribution in [0.25, 0.3) is 0 Å². The lowest BCUT2D eigenvalue weighted by molar-refractivity contribution is -0.140. The number of hydrogen-bond acceptors (Lipinski definition) is 2. The molecule has 0 unspecified atom stereocenters. The van der Waals surface area contributed by atoms with E-state index in [0.29, 0.717) is 6.54 Å². The van der Waals surface area contributed by atoms with Crippen LogP contribution in [0.3, 0.4) is 0 Å². The highest BCUT2D eigenvalue weighted by Crippen LogP contribution is 2.15. The number of carbonyl (C=O) groups is 2. The summed E-state index contributed by atoms with van der Waals surface area (Å²) < 4.78 is 0. The fourth-order valence-corrected chi connectivity index (χ4v) is 3.28. The first kappa shape index (κ1) is 21.7.